The Balaban J connectivity index is 1.42. The molecular formula is C31H47N3O3S. The first kappa shape index (κ1) is 31.5. The van der Waals surface area contributed by atoms with Crippen molar-refractivity contribution in [3.05, 3.63) is 48.5 Å². The predicted molar refractivity (Wildman–Crippen MR) is 159 cm³/mol. The van der Waals surface area contributed by atoms with Crippen LogP contribution >= 0.6 is 11.8 Å². The Bertz CT molecular complexity index is 904. The van der Waals surface area contributed by atoms with Crippen molar-refractivity contribution in [3.63, 3.8) is 0 Å². The van der Waals surface area contributed by atoms with E-state index in [-0.39, 0.29) is 11.7 Å². The fourth-order valence-electron chi connectivity index (χ4n) is 4.26. The summed E-state index contributed by atoms with van der Waals surface area (Å²) in [5.74, 6) is 0.0669. The van der Waals surface area contributed by atoms with Crippen LogP contribution in [0.1, 0.15) is 110 Å². The smallest absolute Gasteiger partial charge is 0.337 e. The standard InChI is InChI=1S/C31H47N3O3S/c1-2-3-4-5-6-7-8-9-10-11-12-13-14-15-16-17-30(36)33-34-31(37)32-26-18-22-28(23-19-26)38-29-24-20-27(35)21-25-29/h18-25,35H,2-17H2,1H3,(H,33,36)(H2,32,34,37). The molecule has 2 rings (SSSR count). The van der Waals surface area contributed by atoms with Crippen LogP contribution in [0.15, 0.2) is 58.3 Å². The first-order chi connectivity index (χ1) is 18.6. The molecule has 4 N–H and O–H groups in total. The van der Waals surface area contributed by atoms with Crippen molar-refractivity contribution in [2.24, 2.45) is 0 Å². The molecule has 3 amide bonds. The maximum Gasteiger partial charge on any atom is 0.337 e. The van der Waals surface area contributed by atoms with E-state index in [4.69, 9.17) is 0 Å². The third-order valence-corrected chi connectivity index (χ3v) is 7.52. The quantitative estimate of drug-likeness (QED) is 0.105. The van der Waals surface area contributed by atoms with Crippen LogP contribution in [-0.2, 0) is 4.79 Å². The Morgan fingerprint density at radius 2 is 1.08 bits per heavy atom. The monoisotopic (exact) mass is 541 g/mol. The minimum atomic E-state index is -0.478. The summed E-state index contributed by atoms with van der Waals surface area (Å²) in [5.41, 5.74) is 5.52. The molecule has 0 unspecified atom stereocenters. The number of carbonyl (C=O) groups excluding carboxylic acids is 2. The minimum absolute atomic E-state index is 0.171. The number of hydrazine groups is 1. The van der Waals surface area contributed by atoms with E-state index < -0.39 is 6.03 Å². The number of aromatic hydroxyl groups is 1. The second-order valence-electron chi connectivity index (χ2n) is 9.95. The van der Waals surface area contributed by atoms with Crippen LogP contribution in [0.25, 0.3) is 0 Å². The van der Waals surface area contributed by atoms with Crippen LogP contribution in [0.4, 0.5) is 10.5 Å². The highest BCUT2D eigenvalue weighted by Crippen LogP contribution is 2.29. The van der Waals surface area contributed by atoms with Gasteiger partial charge in [-0.1, -0.05) is 109 Å². The van der Waals surface area contributed by atoms with Gasteiger partial charge in [0.2, 0.25) is 5.91 Å². The van der Waals surface area contributed by atoms with Crippen molar-refractivity contribution in [2.75, 3.05) is 5.32 Å². The number of phenolic OH excluding ortho intramolecular Hbond substituents is 1. The number of unbranched alkanes of at least 4 members (excludes halogenated alkanes) is 14. The van der Waals surface area contributed by atoms with Gasteiger partial charge in [0.15, 0.2) is 0 Å². The number of amides is 3. The number of benzene rings is 2. The highest BCUT2D eigenvalue weighted by Gasteiger charge is 2.06. The molecule has 7 heteroatoms. The van der Waals surface area contributed by atoms with E-state index in [0.29, 0.717) is 12.1 Å². The Hall–Kier alpha value is -2.67. The molecule has 210 valence electrons. The summed E-state index contributed by atoms with van der Waals surface area (Å²) in [5, 5.41) is 12.1. The van der Waals surface area contributed by atoms with Gasteiger partial charge in [-0.3, -0.25) is 10.2 Å². The normalized spacial score (nSPS) is 10.8. The topological polar surface area (TPSA) is 90.5 Å². The second kappa shape index (κ2) is 20.3. The van der Waals surface area contributed by atoms with Crippen LogP contribution in [0, 0.1) is 0 Å². The Kier molecular flexibility index (Phi) is 16.9. The van der Waals surface area contributed by atoms with E-state index >= 15 is 0 Å². The maximum absolute atomic E-state index is 12.1. The van der Waals surface area contributed by atoms with Gasteiger partial charge < -0.3 is 10.4 Å². The molecular weight excluding hydrogens is 494 g/mol. The third-order valence-electron chi connectivity index (χ3n) is 6.51. The predicted octanol–water partition coefficient (Wildman–Crippen LogP) is 8.96. The van der Waals surface area contributed by atoms with Crippen LogP contribution < -0.4 is 16.2 Å². The molecule has 0 aliphatic heterocycles. The summed E-state index contributed by atoms with van der Waals surface area (Å²) >= 11 is 1.56. The molecule has 0 radical (unpaired) electrons. The number of nitrogens with one attached hydrogen (secondary N) is 3. The zero-order valence-electron chi connectivity index (χ0n) is 23.1. The van der Waals surface area contributed by atoms with Gasteiger partial charge in [0.25, 0.3) is 0 Å². The summed E-state index contributed by atoms with van der Waals surface area (Å²) in [6.07, 6.45) is 19.8. The number of anilines is 1. The number of hydrogen-bond donors (Lipinski definition) is 4. The van der Waals surface area contributed by atoms with Crippen molar-refractivity contribution in [1.29, 1.82) is 0 Å². The fourth-order valence-corrected chi connectivity index (χ4v) is 5.08. The molecule has 0 saturated carbocycles. The first-order valence-corrected chi connectivity index (χ1v) is 15.3. The van der Waals surface area contributed by atoms with E-state index in [1.54, 1.807) is 36.0 Å². The van der Waals surface area contributed by atoms with E-state index in [1.165, 1.54) is 83.5 Å². The van der Waals surface area contributed by atoms with Gasteiger partial charge in [-0.2, -0.15) is 0 Å². The summed E-state index contributed by atoms with van der Waals surface area (Å²) in [7, 11) is 0. The molecule has 2 aromatic rings. The lowest BCUT2D eigenvalue weighted by Crippen LogP contribution is -2.43. The van der Waals surface area contributed by atoms with E-state index in [2.05, 4.69) is 23.1 Å². The molecule has 2 aromatic carbocycles. The van der Waals surface area contributed by atoms with Gasteiger partial charge in [-0.05, 0) is 55.0 Å². The van der Waals surface area contributed by atoms with Gasteiger partial charge in [-0.15, -0.1) is 0 Å². The van der Waals surface area contributed by atoms with Crippen molar-refractivity contribution in [1.82, 2.24) is 10.9 Å². The Morgan fingerprint density at radius 1 is 0.632 bits per heavy atom. The molecule has 0 heterocycles. The first-order valence-electron chi connectivity index (χ1n) is 14.5. The molecule has 0 fully saturated rings. The lowest BCUT2D eigenvalue weighted by molar-refractivity contribution is -0.121. The van der Waals surface area contributed by atoms with E-state index in [0.717, 1.165) is 22.6 Å². The average Bonchev–Trinajstić information content (AvgIpc) is 2.92. The molecule has 0 bridgehead atoms. The number of urea groups is 1. The van der Waals surface area contributed by atoms with Crippen LogP contribution in [0.2, 0.25) is 0 Å². The molecule has 0 spiro atoms. The molecule has 0 saturated heterocycles. The number of phenols is 1. The summed E-state index contributed by atoms with van der Waals surface area (Å²) in [6, 6.07) is 13.9. The fraction of sp³-hybridized carbons (Fsp3) is 0.548. The Morgan fingerprint density at radius 3 is 1.58 bits per heavy atom. The summed E-state index contributed by atoms with van der Waals surface area (Å²) in [4.78, 5) is 26.1. The van der Waals surface area contributed by atoms with Gasteiger partial charge in [-0.25, -0.2) is 10.2 Å². The molecule has 38 heavy (non-hydrogen) atoms. The SMILES string of the molecule is CCCCCCCCCCCCCCCCCC(=O)NNC(=O)Nc1ccc(Sc2ccc(O)cc2)cc1. The van der Waals surface area contributed by atoms with E-state index in [9.17, 15) is 14.7 Å². The van der Waals surface area contributed by atoms with Gasteiger partial charge in [0.1, 0.15) is 5.75 Å². The number of hydrogen-bond acceptors (Lipinski definition) is 4. The third kappa shape index (κ3) is 15.6. The maximum atomic E-state index is 12.1. The highest BCUT2D eigenvalue weighted by atomic mass is 32.2. The molecule has 0 atom stereocenters. The molecule has 0 aromatic heterocycles. The lowest BCUT2D eigenvalue weighted by Gasteiger charge is -2.10. The van der Waals surface area contributed by atoms with Gasteiger partial charge >= 0.3 is 6.03 Å². The Labute approximate surface area is 233 Å². The van der Waals surface area contributed by atoms with Crippen LogP contribution in [0.5, 0.6) is 5.75 Å². The average molecular weight is 542 g/mol. The van der Waals surface area contributed by atoms with Crippen LogP contribution in [-0.4, -0.2) is 17.0 Å². The summed E-state index contributed by atoms with van der Waals surface area (Å²) in [6.45, 7) is 2.27. The van der Waals surface area contributed by atoms with Crippen molar-refractivity contribution >= 4 is 29.4 Å². The largest absolute Gasteiger partial charge is 0.508 e. The molecule has 6 nitrogen and oxygen atoms in total. The molecule has 0 aliphatic rings. The zero-order chi connectivity index (χ0) is 27.3. The van der Waals surface area contributed by atoms with Gasteiger partial charge in [0.05, 0.1) is 0 Å². The number of carbonyl (C=O) groups is 2. The van der Waals surface area contributed by atoms with Crippen molar-refractivity contribution in [2.45, 2.75) is 119 Å². The zero-order valence-corrected chi connectivity index (χ0v) is 23.9. The van der Waals surface area contributed by atoms with Gasteiger partial charge in [0, 0.05) is 21.9 Å². The highest BCUT2D eigenvalue weighted by molar-refractivity contribution is 7.99. The minimum Gasteiger partial charge on any atom is -0.508 e. The number of rotatable bonds is 19. The molecule has 0 aliphatic carbocycles. The van der Waals surface area contributed by atoms with Crippen molar-refractivity contribution < 1.29 is 14.7 Å². The lowest BCUT2D eigenvalue weighted by atomic mass is 10.0. The van der Waals surface area contributed by atoms with Crippen LogP contribution in [0.3, 0.4) is 0 Å². The van der Waals surface area contributed by atoms with E-state index in [1.807, 2.05) is 24.3 Å². The summed E-state index contributed by atoms with van der Waals surface area (Å²) < 4.78 is 0. The second-order valence-corrected chi connectivity index (χ2v) is 11.1. The van der Waals surface area contributed by atoms with Crippen molar-refractivity contribution in [3.8, 4) is 5.75 Å².